The monoisotopic (exact) mass is 364 g/mol. The first-order chi connectivity index (χ1) is 12.8. The van der Waals surface area contributed by atoms with E-state index in [2.05, 4.69) is 20.3 Å². The number of hydrogen-bond donors (Lipinski definition) is 1. The van der Waals surface area contributed by atoms with E-state index in [0.29, 0.717) is 10.9 Å². The maximum absolute atomic E-state index is 5.41. The number of H-pyrrole nitrogens is 1. The highest BCUT2D eigenvalue weighted by atomic mass is 32.2. The number of nitrogens with one attached hydrogen (secondary N) is 1. The van der Waals surface area contributed by atoms with Crippen molar-refractivity contribution in [3.05, 3.63) is 66.4 Å². The van der Waals surface area contributed by atoms with Gasteiger partial charge in [0.1, 0.15) is 5.75 Å². The lowest BCUT2D eigenvalue weighted by Crippen LogP contribution is -1.84. The molecule has 130 valence electrons. The predicted octanol–water partition coefficient (Wildman–Crippen LogP) is 4.43. The highest BCUT2D eigenvalue weighted by Gasteiger charge is 2.10. The molecule has 0 aliphatic carbocycles. The Morgan fingerprint density at radius 3 is 2.62 bits per heavy atom. The molecule has 4 rings (SSSR count). The van der Waals surface area contributed by atoms with Crippen molar-refractivity contribution in [2.45, 2.75) is 10.9 Å². The second kappa shape index (κ2) is 7.45. The number of thioether (sulfide) groups is 1. The number of aromatic amines is 1. The first-order valence-electron chi connectivity index (χ1n) is 8.02. The molecule has 1 N–H and O–H groups in total. The number of methoxy groups -OCH3 is 1. The Balaban J connectivity index is 1.41. The highest BCUT2D eigenvalue weighted by Crippen LogP contribution is 2.26. The lowest BCUT2D eigenvalue weighted by molar-refractivity contribution is 0.415. The second-order valence-electron chi connectivity index (χ2n) is 5.53. The molecule has 0 bridgehead atoms. The zero-order valence-corrected chi connectivity index (χ0v) is 14.9. The Hall–Kier alpha value is -3.06. The molecular weight excluding hydrogens is 348 g/mol. The van der Waals surface area contributed by atoms with E-state index in [1.54, 1.807) is 7.11 Å². The van der Waals surface area contributed by atoms with Gasteiger partial charge in [-0.2, -0.15) is 0 Å². The molecule has 0 unspecified atom stereocenters. The van der Waals surface area contributed by atoms with Crippen LogP contribution in [0.25, 0.3) is 22.7 Å². The molecule has 2 heterocycles. The summed E-state index contributed by atoms with van der Waals surface area (Å²) in [4.78, 5) is 4.51. The molecule has 6 nitrogen and oxygen atoms in total. The number of aromatic nitrogens is 4. The minimum atomic E-state index is 0.635. The Bertz CT molecular complexity index is 980. The van der Waals surface area contributed by atoms with E-state index in [4.69, 9.17) is 9.26 Å². The SMILES string of the molecule is COc1ccc(-c2nc(SCc3cc(-c4ccccc4)on3)n[nH]2)cc1. The molecule has 4 aromatic rings. The van der Waals surface area contributed by atoms with Crippen molar-refractivity contribution >= 4 is 11.8 Å². The van der Waals surface area contributed by atoms with Gasteiger partial charge in [-0.15, -0.1) is 5.10 Å². The van der Waals surface area contributed by atoms with Crippen molar-refractivity contribution in [1.82, 2.24) is 20.3 Å². The van der Waals surface area contributed by atoms with Gasteiger partial charge in [-0.3, -0.25) is 5.10 Å². The maximum atomic E-state index is 5.41. The molecule has 0 fully saturated rings. The summed E-state index contributed by atoms with van der Waals surface area (Å²) in [7, 11) is 1.64. The van der Waals surface area contributed by atoms with Gasteiger partial charge < -0.3 is 9.26 Å². The van der Waals surface area contributed by atoms with E-state index < -0.39 is 0 Å². The molecule has 0 radical (unpaired) electrons. The summed E-state index contributed by atoms with van der Waals surface area (Å²) in [5.74, 6) is 2.93. The predicted molar refractivity (Wildman–Crippen MR) is 99.9 cm³/mol. The van der Waals surface area contributed by atoms with Crippen LogP contribution >= 0.6 is 11.8 Å². The second-order valence-corrected chi connectivity index (χ2v) is 6.47. The smallest absolute Gasteiger partial charge is 0.209 e. The molecular formula is C19H16N4O2S. The lowest BCUT2D eigenvalue weighted by atomic mass is 10.2. The molecule has 2 aromatic carbocycles. The van der Waals surface area contributed by atoms with Gasteiger partial charge in [0.15, 0.2) is 11.6 Å². The van der Waals surface area contributed by atoms with Crippen molar-refractivity contribution in [3.8, 4) is 28.5 Å². The Morgan fingerprint density at radius 2 is 1.85 bits per heavy atom. The highest BCUT2D eigenvalue weighted by molar-refractivity contribution is 7.98. The van der Waals surface area contributed by atoms with E-state index >= 15 is 0 Å². The zero-order chi connectivity index (χ0) is 17.8. The van der Waals surface area contributed by atoms with Crippen LogP contribution in [0.2, 0.25) is 0 Å². The summed E-state index contributed by atoms with van der Waals surface area (Å²) in [5.41, 5.74) is 2.82. The normalized spacial score (nSPS) is 10.8. The molecule has 7 heteroatoms. The third-order valence-electron chi connectivity index (χ3n) is 3.79. The number of rotatable bonds is 6. The average Bonchev–Trinajstić information content (AvgIpc) is 3.37. The summed E-state index contributed by atoms with van der Waals surface area (Å²) in [6, 6.07) is 19.5. The molecule has 0 saturated heterocycles. The summed E-state index contributed by atoms with van der Waals surface area (Å²) in [6.45, 7) is 0. The van der Waals surface area contributed by atoms with Crippen LogP contribution in [0.1, 0.15) is 5.69 Å². The summed E-state index contributed by atoms with van der Waals surface area (Å²) in [5, 5.41) is 12.0. The van der Waals surface area contributed by atoms with E-state index in [1.807, 2.05) is 60.7 Å². The van der Waals surface area contributed by atoms with Crippen LogP contribution in [0.4, 0.5) is 0 Å². The van der Waals surface area contributed by atoms with Gasteiger partial charge in [0, 0.05) is 22.9 Å². The fraction of sp³-hybridized carbons (Fsp3) is 0.105. The van der Waals surface area contributed by atoms with Crippen LogP contribution in [-0.2, 0) is 5.75 Å². The van der Waals surface area contributed by atoms with Crippen molar-refractivity contribution in [2.75, 3.05) is 7.11 Å². The summed E-state index contributed by atoms with van der Waals surface area (Å²) < 4.78 is 10.6. The van der Waals surface area contributed by atoms with E-state index in [0.717, 1.165) is 34.2 Å². The molecule has 0 spiro atoms. The third kappa shape index (κ3) is 3.62. The third-order valence-corrected chi connectivity index (χ3v) is 4.68. The van der Waals surface area contributed by atoms with Gasteiger partial charge in [-0.25, -0.2) is 4.98 Å². The van der Waals surface area contributed by atoms with Crippen molar-refractivity contribution in [2.24, 2.45) is 0 Å². The van der Waals surface area contributed by atoms with Crippen LogP contribution in [0.5, 0.6) is 5.75 Å². The van der Waals surface area contributed by atoms with Crippen molar-refractivity contribution in [3.63, 3.8) is 0 Å². The standard InChI is InChI=1S/C19H16N4O2S/c1-24-16-9-7-14(8-10-16)18-20-19(22-21-18)26-12-15-11-17(25-23-15)13-5-3-2-4-6-13/h2-11H,12H2,1H3,(H,20,21,22). The molecule has 26 heavy (non-hydrogen) atoms. The fourth-order valence-corrected chi connectivity index (χ4v) is 3.12. The van der Waals surface area contributed by atoms with Gasteiger partial charge in [0.05, 0.1) is 12.8 Å². The van der Waals surface area contributed by atoms with Gasteiger partial charge in [-0.1, -0.05) is 47.3 Å². The van der Waals surface area contributed by atoms with Crippen molar-refractivity contribution < 1.29 is 9.26 Å². The largest absolute Gasteiger partial charge is 0.497 e. The van der Waals surface area contributed by atoms with Crippen LogP contribution < -0.4 is 4.74 Å². The average molecular weight is 364 g/mol. The minimum absolute atomic E-state index is 0.635. The van der Waals surface area contributed by atoms with Gasteiger partial charge in [0.2, 0.25) is 5.16 Å². The Labute approximate surface area is 154 Å². The molecule has 0 aliphatic heterocycles. The number of hydrogen-bond acceptors (Lipinski definition) is 6. The molecule has 0 atom stereocenters. The Morgan fingerprint density at radius 1 is 1.04 bits per heavy atom. The van der Waals surface area contributed by atoms with Gasteiger partial charge in [-0.05, 0) is 24.3 Å². The van der Waals surface area contributed by atoms with Crippen LogP contribution in [0.3, 0.4) is 0 Å². The van der Waals surface area contributed by atoms with Crippen LogP contribution in [-0.4, -0.2) is 27.4 Å². The van der Waals surface area contributed by atoms with Crippen LogP contribution in [0, 0.1) is 0 Å². The molecule has 0 amide bonds. The quantitative estimate of drug-likeness (QED) is 0.510. The zero-order valence-electron chi connectivity index (χ0n) is 14.0. The first kappa shape index (κ1) is 16.4. The van der Waals surface area contributed by atoms with Gasteiger partial charge >= 0.3 is 0 Å². The topological polar surface area (TPSA) is 76.8 Å². The van der Waals surface area contributed by atoms with E-state index in [-0.39, 0.29) is 0 Å². The molecule has 0 saturated carbocycles. The lowest BCUT2D eigenvalue weighted by Gasteiger charge is -1.99. The van der Waals surface area contributed by atoms with E-state index in [9.17, 15) is 0 Å². The number of benzene rings is 2. The van der Waals surface area contributed by atoms with Crippen LogP contribution in [0.15, 0.2) is 70.3 Å². The molecule has 0 aliphatic rings. The van der Waals surface area contributed by atoms with Gasteiger partial charge in [0.25, 0.3) is 0 Å². The first-order valence-corrected chi connectivity index (χ1v) is 9.01. The maximum Gasteiger partial charge on any atom is 0.209 e. The number of ether oxygens (including phenoxy) is 1. The summed E-state index contributed by atoms with van der Waals surface area (Å²) >= 11 is 1.50. The Kier molecular flexibility index (Phi) is 4.70. The number of nitrogens with zero attached hydrogens (tertiary/aromatic N) is 3. The summed E-state index contributed by atoms with van der Waals surface area (Å²) in [6.07, 6.45) is 0. The minimum Gasteiger partial charge on any atom is -0.497 e. The molecule has 2 aromatic heterocycles. The fourth-order valence-electron chi connectivity index (χ4n) is 2.45. The van der Waals surface area contributed by atoms with E-state index in [1.165, 1.54) is 11.8 Å². The van der Waals surface area contributed by atoms with Crippen molar-refractivity contribution in [1.29, 1.82) is 0 Å².